The van der Waals surface area contributed by atoms with Gasteiger partial charge >= 0.3 is 0 Å². The van der Waals surface area contributed by atoms with E-state index in [9.17, 15) is 5.11 Å². The Labute approximate surface area is 63.8 Å². The molecule has 0 aromatic rings. The first kappa shape index (κ1) is 8.02. The van der Waals surface area contributed by atoms with Crippen LogP contribution in [0.1, 0.15) is 12.8 Å². The van der Waals surface area contributed by atoms with Crippen LogP contribution in [0.15, 0.2) is 11.3 Å². The van der Waals surface area contributed by atoms with Gasteiger partial charge in [0.05, 0.1) is 14.2 Å². The fourth-order valence-electron chi connectivity index (χ4n) is 1.33. The zero-order valence-electron chi connectivity index (χ0n) is 7.02. The number of rotatable bonds is 1. The van der Waals surface area contributed by atoms with Crippen molar-refractivity contribution in [3.63, 3.8) is 0 Å². The predicted octanol–water partition coefficient (Wildman–Crippen LogP) is 1.94. The van der Waals surface area contributed by atoms with Crippen LogP contribution in [-0.4, -0.2) is 19.3 Å². The third-order valence-corrected chi connectivity index (χ3v) is 4.41. The second kappa shape index (κ2) is 2.51. The van der Waals surface area contributed by atoms with E-state index in [4.69, 9.17) is 0 Å². The van der Waals surface area contributed by atoms with Gasteiger partial charge < -0.3 is 5.11 Å². The molecule has 0 aliphatic heterocycles. The molecule has 0 saturated carbocycles. The molecule has 1 rings (SSSR count). The molecule has 0 bridgehead atoms. The van der Waals surface area contributed by atoms with Crippen molar-refractivity contribution < 1.29 is 5.11 Å². The number of allylic oxidation sites excluding steroid dienone is 1. The molecule has 0 aromatic heterocycles. The molecule has 58 valence electrons. The second-order valence-electron chi connectivity index (χ2n) is 4.05. The maximum atomic E-state index is 9.21. The fourth-order valence-corrected chi connectivity index (χ4v) is 2.91. The third kappa shape index (κ3) is 1.70. The molecule has 1 atom stereocenters. The lowest BCUT2D eigenvalue weighted by Crippen LogP contribution is -2.22. The topological polar surface area (TPSA) is 20.2 Å². The van der Waals surface area contributed by atoms with Crippen molar-refractivity contribution in [3.8, 4) is 0 Å². The van der Waals surface area contributed by atoms with Gasteiger partial charge in [0.2, 0.25) is 0 Å². The fraction of sp³-hybridized carbons (Fsp3) is 0.750. The second-order valence-corrected chi connectivity index (χ2v) is 9.19. The lowest BCUT2D eigenvalue weighted by atomic mass is 10.3. The van der Waals surface area contributed by atoms with Crippen LogP contribution in [0.25, 0.3) is 0 Å². The zero-order valence-corrected chi connectivity index (χ0v) is 8.02. The van der Waals surface area contributed by atoms with Crippen LogP contribution in [0.5, 0.6) is 0 Å². The third-order valence-electron chi connectivity index (χ3n) is 2.07. The highest BCUT2D eigenvalue weighted by molar-refractivity contribution is 6.83. The molecule has 0 amide bonds. The van der Waals surface area contributed by atoms with Crippen molar-refractivity contribution in [3.05, 3.63) is 11.3 Å². The lowest BCUT2D eigenvalue weighted by Gasteiger charge is -2.16. The first-order chi connectivity index (χ1) is 4.50. The number of aliphatic hydroxyl groups is 1. The Bertz CT molecular complexity index is 155. The predicted molar refractivity (Wildman–Crippen MR) is 46.7 cm³/mol. The Morgan fingerprint density at radius 3 is 2.30 bits per heavy atom. The standard InChI is InChI=1S/C8H16OSi/c1-10(2,3)8-5-4-7(9)6-8/h6-7,9H,4-5H2,1-3H3. The van der Waals surface area contributed by atoms with E-state index in [1.165, 1.54) is 0 Å². The molecule has 1 N–H and O–H groups in total. The number of hydrogen-bond acceptors (Lipinski definition) is 1. The highest BCUT2D eigenvalue weighted by Crippen LogP contribution is 2.26. The summed E-state index contributed by atoms with van der Waals surface area (Å²) >= 11 is 0. The largest absolute Gasteiger partial charge is 0.389 e. The van der Waals surface area contributed by atoms with Gasteiger partial charge in [-0.3, -0.25) is 0 Å². The summed E-state index contributed by atoms with van der Waals surface area (Å²) in [6.45, 7) is 6.99. The van der Waals surface area contributed by atoms with Crippen molar-refractivity contribution in [2.75, 3.05) is 0 Å². The minimum atomic E-state index is -1.06. The molecule has 1 nitrogen and oxygen atoms in total. The summed E-state index contributed by atoms with van der Waals surface area (Å²) in [5.41, 5.74) is 0. The minimum Gasteiger partial charge on any atom is -0.389 e. The average Bonchev–Trinajstić information content (AvgIpc) is 2.11. The molecule has 10 heavy (non-hydrogen) atoms. The van der Waals surface area contributed by atoms with Gasteiger partial charge in [0.15, 0.2) is 0 Å². The minimum absolute atomic E-state index is 0.137. The Kier molecular flexibility index (Phi) is 2.01. The van der Waals surface area contributed by atoms with Gasteiger partial charge in [-0.1, -0.05) is 30.9 Å². The van der Waals surface area contributed by atoms with Gasteiger partial charge in [-0.2, -0.15) is 0 Å². The van der Waals surface area contributed by atoms with Crippen LogP contribution in [-0.2, 0) is 0 Å². The normalized spacial score (nSPS) is 26.8. The zero-order chi connectivity index (χ0) is 7.78. The van der Waals surface area contributed by atoms with Gasteiger partial charge in [-0.25, -0.2) is 0 Å². The lowest BCUT2D eigenvalue weighted by molar-refractivity contribution is 0.223. The Morgan fingerprint density at radius 2 is 2.10 bits per heavy atom. The molecular formula is C8H16OSi. The summed E-state index contributed by atoms with van der Waals surface area (Å²) in [7, 11) is -1.06. The van der Waals surface area contributed by atoms with E-state index in [-0.39, 0.29) is 6.10 Å². The van der Waals surface area contributed by atoms with E-state index in [1.807, 2.05) is 0 Å². The van der Waals surface area contributed by atoms with E-state index in [2.05, 4.69) is 25.7 Å². The molecule has 2 heteroatoms. The molecule has 0 aromatic carbocycles. The Morgan fingerprint density at radius 1 is 1.50 bits per heavy atom. The first-order valence-corrected chi connectivity index (χ1v) is 7.39. The smallest absolute Gasteiger partial charge is 0.0722 e. The molecule has 1 aliphatic rings. The first-order valence-electron chi connectivity index (χ1n) is 3.89. The Hall–Kier alpha value is -0.0831. The van der Waals surface area contributed by atoms with Gasteiger partial charge in [-0.05, 0) is 12.8 Å². The quantitative estimate of drug-likeness (QED) is 0.575. The van der Waals surface area contributed by atoms with Gasteiger partial charge in [-0.15, -0.1) is 0 Å². The monoisotopic (exact) mass is 156 g/mol. The summed E-state index contributed by atoms with van der Waals surface area (Å²) in [5, 5.41) is 10.8. The van der Waals surface area contributed by atoms with E-state index in [1.54, 1.807) is 5.20 Å². The molecule has 0 saturated heterocycles. The highest BCUT2D eigenvalue weighted by atomic mass is 28.3. The van der Waals surface area contributed by atoms with Crippen molar-refractivity contribution in [1.29, 1.82) is 0 Å². The van der Waals surface area contributed by atoms with Crippen LogP contribution in [0, 0.1) is 0 Å². The van der Waals surface area contributed by atoms with Gasteiger partial charge in [0.1, 0.15) is 0 Å². The van der Waals surface area contributed by atoms with Crippen molar-refractivity contribution in [2.45, 2.75) is 38.6 Å². The van der Waals surface area contributed by atoms with Crippen LogP contribution in [0.4, 0.5) is 0 Å². The summed E-state index contributed by atoms with van der Waals surface area (Å²) < 4.78 is 0. The van der Waals surface area contributed by atoms with Crippen LogP contribution >= 0.6 is 0 Å². The maximum Gasteiger partial charge on any atom is 0.0722 e. The van der Waals surface area contributed by atoms with Crippen molar-refractivity contribution in [1.82, 2.24) is 0 Å². The van der Waals surface area contributed by atoms with Gasteiger partial charge in [0.25, 0.3) is 0 Å². The summed E-state index contributed by atoms with van der Waals surface area (Å²) in [6, 6.07) is 0. The van der Waals surface area contributed by atoms with Crippen LogP contribution in [0.3, 0.4) is 0 Å². The van der Waals surface area contributed by atoms with E-state index < -0.39 is 8.07 Å². The van der Waals surface area contributed by atoms with Crippen LogP contribution < -0.4 is 0 Å². The number of hydrogen-bond donors (Lipinski definition) is 1. The van der Waals surface area contributed by atoms with Crippen LogP contribution in [0.2, 0.25) is 19.6 Å². The van der Waals surface area contributed by atoms with Gasteiger partial charge in [0, 0.05) is 0 Å². The van der Waals surface area contributed by atoms with Crippen molar-refractivity contribution >= 4 is 8.07 Å². The maximum absolute atomic E-state index is 9.21. The molecule has 1 unspecified atom stereocenters. The highest BCUT2D eigenvalue weighted by Gasteiger charge is 2.24. The molecule has 0 radical (unpaired) electrons. The molecule has 0 fully saturated rings. The average molecular weight is 156 g/mol. The van der Waals surface area contributed by atoms with E-state index >= 15 is 0 Å². The number of aliphatic hydroxyl groups excluding tert-OH is 1. The van der Waals surface area contributed by atoms with Crippen molar-refractivity contribution in [2.24, 2.45) is 0 Å². The summed E-state index contributed by atoms with van der Waals surface area (Å²) in [6.07, 6.45) is 4.02. The SMILES string of the molecule is C[Si](C)(C)C1=CC(O)CC1. The van der Waals surface area contributed by atoms with E-state index in [0.717, 1.165) is 12.8 Å². The molecule has 0 heterocycles. The summed E-state index contributed by atoms with van der Waals surface area (Å²) in [4.78, 5) is 0. The van der Waals surface area contributed by atoms with E-state index in [0.29, 0.717) is 0 Å². The Balaban J connectivity index is 2.67. The molecular weight excluding hydrogens is 140 g/mol. The summed E-state index contributed by atoms with van der Waals surface area (Å²) in [5.74, 6) is 0. The molecule has 1 aliphatic carbocycles. The molecule has 0 spiro atoms.